The zero-order valence-corrected chi connectivity index (χ0v) is 14.6. The lowest BCUT2D eigenvalue weighted by Gasteiger charge is -2.32. The van der Waals surface area contributed by atoms with Crippen LogP contribution in [0.1, 0.15) is 36.0 Å². The van der Waals surface area contributed by atoms with E-state index in [2.05, 4.69) is 41.7 Å². The molecular weight excluding hydrogens is 306 g/mol. The first-order chi connectivity index (χ1) is 11.2. The second kappa shape index (κ2) is 6.94. The second-order valence-corrected chi connectivity index (χ2v) is 6.76. The minimum atomic E-state index is 0.100. The monoisotopic (exact) mass is 329 g/mol. The van der Waals surface area contributed by atoms with Gasteiger partial charge in [0.25, 0.3) is 0 Å². The Labute approximate surface area is 143 Å². The SMILES string of the molecule is CNCCCC1(c2ccc(OC)cc2)CCc2cc(Cl)ccc21. The lowest BCUT2D eigenvalue weighted by Crippen LogP contribution is -2.26. The molecule has 3 heteroatoms. The summed E-state index contributed by atoms with van der Waals surface area (Å²) in [6.45, 7) is 1.04. The van der Waals surface area contributed by atoms with Crippen molar-refractivity contribution < 1.29 is 4.74 Å². The summed E-state index contributed by atoms with van der Waals surface area (Å²) in [6, 6.07) is 15.0. The third-order valence-electron chi connectivity index (χ3n) is 5.08. The molecule has 0 heterocycles. The first-order valence-electron chi connectivity index (χ1n) is 8.27. The van der Waals surface area contributed by atoms with Crippen LogP contribution in [-0.2, 0) is 11.8 Å². The van der Waals surface area contributed by atoms with E-state index in [1.54, 1.807) is 7.11 Å². The van der Waals surface area contributed by atoms with Crippen LogP contribution in [-0.4, -0.2) is 20.7 Å². The lowest BCUT2D eigenvalue weighted by atomic mass is 9.72. The molecule has 23 heavy (non-hydrogen) atoms. The van der Waals surface area contributed by atoms with Gasteiger partial charge in [-0.2, -0.15) is 0 Å². The van der Waals surface area contributed by atoms with Crippen molar-refractivity contribution in [3.63, 3.8) is 0 Å². The second-order valence-electron chi connectivity index (χ2n) is 6.32. The van der Waals surface area contributed by atoms with Gasteiger partial charge >= 0.3 is 0 Å². The Balaban J connectivity index is 2.02. The molecule has 0 fully saturated rings. The summed E-state index contributed by atoms with van der Waals surface area (Å²) in [5.41, 5.74) is 4.33. The number of aryl methyl sites for hydroxylation is 1. The van der Waals surface area contributed by atoms with Gasteiger partial charge in [0.1, 0.15) is 5.75 Å². The maximum atomic E-state index is 6.20. The number of benzene rings is 2. The van der Waals surface area contributed by atoms with Gasteiger partial charge in [0.2, 0.25) is 0 Å². The Bertz CT molecular complexity index is 668. The van der Waals surface area contributed by atoms with Gasteiger partial charge in [0.05, 0.1) is 7.11 Å². The highest BCUT2D eigenvalue weighted by Crippen LogP contribution is 2.48. The molecule has 1 N–H and O–H groups in total. The Morgan fingerprint density at radius 3 is 2.65 bits per heavy atom. The fraction of sp³-hybridized carbons (Fsp3) is 0.400. The summed E-state index contributed by atoms with van der Waals surface area (Å²) in [6.07, 6.45) is 4.56. The van der Waals surface area contributed by atoms with E-state index in [1.165, 1.54) is 16.7 Å². The number of nitrogens with one attached hydrogen (secondary N) is 1. The first-order valence-corrected chi connectivity index (χ1v) is 8.65. The topological polar surface area (TPSA) is 21.3 Å². The van der Waals surface area contributed by atoms with Crippen molar-refractivity contribution in [3.8, 4) is 5.75 Å². The largest absolute Gasteiger partial charge is 0.497 e. The summed E-state index contributed by atoms with van der Waals surface area (Å²) in [4.78, 5) is 0. The maximum absolute atomic E-state index is 6.20. The van der Waals surface area contributed by atoms with Gasteiger partial charge in [0.15, 0.2) is 0 Å². The van der Waals surface area contributed by atoms with Crippen LogP contribution < -0.4 is 10.1 Å². The van der Waals surface area contributed by atoms with E-state index >= 15 is 0 Å². The molecule has 0 saturated carbocycles. The molecule has 0 amide bonds. The van der Waals surface area contributed by atoms with Gasteiger partial charge in [-0.15, -0.1) is 0 Å². The van der Waals surface area contributed by atoms with Crippen molar-refractivity contribution in [3.05, 3.63) is 64.2 Å². The molecule has 0 saturated heterocycles. The molecule has 3 rings (SSSR count). The smallest absolute Gasteiger partial charge is 0.118 e. The predicted octanol–water partition coefficient (Wildman–Crippen LogP) is 4.58. The molecule has 1 atom stereocenters. The van der Waals surface area contributed by atoms with Gasteiger partial charge < -0.3 is 10.1 Å². The van der Waals surface area contributed by atoms with Crippen molar-refractivity contribution in [2.45, 2.75) is 31.1 Å². The Hall–Kier alpha value is -1.51. The molecule has 1 aliphatic rings. The van der Waals surface area contributed by atoms with Gasteiger partial charge in [-0.1, -0.05) is 29.8 Å². The maximum Gasteiger partial charge on any atom is 0.118 e. The summed E-state index contributed by atoms with van der Waals surface area (Å²) in [7, 11) is 3.73. The lowest BCUT2D eigenvalue weighted by molar-refractivity contribution is 0.412. The first kappa shape index (κ1) is 16.4. The molecule has 122 valence electrons. The Morgan fingerprint density at radius 1 is 1.17 bits per heavy atom. The van der Waals surface area contributed by atoms with Crippen molar-refractivity contribution in [1.29, 1.82) is 0 Å². The fourth-order valence-corrected chi connectivity index (χ4v) is 4.09. The van der Waals surface area contributed by atoms with Gasteiger partial charge in [-0.3, -0.25) is 0 Å². The van der Waals surface area contributed by atoms with Crippen LogP contribution in [0.15, 0.2) is 42.5 Å². The average molecular weight is 330 g/mol. The summed E-state index contributed by atoms with van der Waals surface area (Å²) < 4.78 is 5.32. The molecule has 0 spiro atoms. The minimum absolute atomic E-state index is 0.100. The highest BCUT2D eigenvalue weighted by Gasteiger charge is 2.39. The Morgan fingerprint density at radius 2 is 1.96 bits per heavy atom. The standard InChI is InChI=1S/C20H24ClNO/c1-22-13-3-11-20(16-4-7-18(23-2)8-5-16)12-10-15-14-17(21)6-9-19(15)20/h4-9,14,22H,3,10-13H2,1-2H3. The van der Waals surface area contributed by atoms with Gasteiger partial charge in [-0.05, 0) is 80.2 Å². The highest BCUT2D eigenvalue weighted by molar-refractivity contribution is 6.30. The number of methoxy groups -OCH3 is 1. The Kier molecular flexibility index (Phi) is 4.93. The van der Waals surface area contributed by atoms with E-state index in [4.69, 9.17) is 16.3 Å². The molecule has 2 aromatic rings. The molecule has 0 bridgehead atoms. The summed E-state index contributed by atoms with van der Waals surface area (Å²) >= 11 is 6.20. The quantitative estimate of drug-likeness (QED) is 0.783. The van der Waals surface area contributed by atoms with Crippen LogP contribution in [0.2, 0.25) is 5.02 Å². The normalized spacial score (nSPS) is 19.6. The number of rotatable bonds is 6. The average Bonchev–Trinajstić information content (AvgIpc) is 2.94. The van der Waals surface area contributed by atoms with Crippen LogP contribution in [0.3, 0.4) is 0 Å². The van der Waals surface area contributed by atoms with Gasteiger partial charge in [0, 0.05) is 10.4 Å². The minimum Gasteiger partial charge on any atom is -0.497 e. The molecule has 2 nitrogen and oxygen atoms in total. The van der Waals surface area contributed by atoms with E-state index < -0.39 is 0 Å². The molecular formula is C20H24ClNO. The van der Waals surface area contributed by atoms with Crippen molar-refractivity contribution >= 4 is 11.6 Å². The summed E-state index contributed by atoms with van der Waals surface area (Å²) in [5.74, 6) is 0.911. The molecule has 0 aliphatic heterocycles. The highest BCUT2D eigenvalue weighted by atomic mass is 35.5. The van der Waals surface area contributed by atoms with Crippen molar-refractivity contribution in [1.82, 2.24) is 5.32 Å². The molecule has 2 aromatic carbocycles. The van der Waals surface area contributed by atoms with Crippen LogP contribution >= 0.6 is 11.6 Å². The van der Waals surface area contributed by atoms with Gasteiger partial charge in [-0.25, -0.2) is 0 Å². The zero-order chi connectivity index (χ0) is 16.3. The third kappa shape index (κ3) is 3.11. The number of halogens is 1. The molecule has 1 aliphatic carbocycles. The van der Waals surface area contributed by atoms with Crippen LogP contribution in [0.25, 0.3) is 0 Å². The molecule has 0 radical (unpaired) electrons. The predicted molar refractivity (Wildman–Crippen MR) is 96.7 cm³/mol. The van der Waals surface area contributed by atoms with E-state index in [0.29, 0.717) is 0 Å². The van der Waals surface area contributed by atoms with Crippen LogP contribution in [0.5, 0.6) is 5.75 Å². The number of hydrogen-bond donors (Lipinski definition) is 1. The fourth-order valence-electron chi connectivity index (χ4n) is 3.90. The van der Waals surface area contributed by atoms with Crippen LogP contribution in [0, 0.1) is 0 Å². The van der Waals surface area contributed by atoms with E-state index in [1.807, 2.05) is 13.1 Å². The van der Waals surface area contributed by atoms with E-state index in [-0.39, 0.29) is 5.41 Å². The summed E-state index contributed by atoms with van der Waals surface area (Å²) in [5, 5.41) is 4.11. The third-order valence-corrected chi connectivity index (χ3v) is 5.31. The van der Waals surface area contributed by atoms with Crippen LogP contribution in [0.4, 0.5) is 0 Å². The van der Waals surface area contributed by atoms with Crippen molar-refractivity contribution in [2.24, 2.45) is 0 Å². The zero-order valence-electron chi connectivity index (χ0n) is 13.9. The number of ether oxygens (including phenoxy) is 1. The van der Waals surface area contributed by atoms with E-state index in [9.17, 15) is 0 Å². The molecule has 1 unspecified atom stereocenters. The number of hydrogen-bond acceptors (Lipinski definition) is 2. The number of fused-ring (bicyclic) bond motifs is 1. The van der Waals surface area contributed by atoms with E-state index in [0.717, 1.165) is 43.0 Å². The molecule has 0 aromatic heterocycles. The van der Waals surface area contributed by atoms with Crippen molar-refractivity contribution in [2.75, 3.05) is 20.7 Å².